The van der Waals surface area contributed by atoms with Gasteiger partial charge < -0.3 is 15.0 Å². The maximum Gasteiger partial charge on any atom is 0.234 e. The first-order valence-corrected chi connectivity index (χ1v) is 8.50. The highest BCUT2D eigenvalue weighted by atomic mass is 35.5. The molecular weight excluding hydrogens is 348 g/mol. The number of rotatable bonds is 5. The van der Waals surface area contributed by atoms with E-state index in [-0.39, 0.29) is 11.7 Å². The smallest absolute Gasteiger partial charge is 0.234 e. The lowest BCUT2D eigenvalue weighted by atomic mass is 10.2. The van der Waals surface area contributed by atoms with Gasteiger partial charge in [0.2, 0.25) is 5.91 Å². The molecule has 3 rings (SSSR count). The highest BCUT2D eigenvalue weighted by Crippen LogP contribution is 2.31. The van der Waals surface area contributed by atoms with Gasteiger partial charge in [-0.15, -0.1) is 0 Å². The van der Waals surface area contributed by atoms with Crippen molar-refractivity contribution in [1.82, 2.24) is 15.0 Å². The van der Waals surface area contributed by atoms with Crippen LogP contribution in [0.25, 0.3) is 11.2 Å². The Balaban J connectivity index is 1.66. The topological polar surface area (TPSA) is 79.9 Å². The van der Waals surface area contributed by atoms with Gasteiger partial charge >= 0.3 is 0 Å². The molecule has 1 amide bonds. The Bertz CT molecular complexity index is 864. The number of aromatic nitrogens is 3. The number of nitrogens with one attached hydrogen (secondary N) is 2. The van der Waals surface area contributed by atoms with Gasteiger partial charge in [0.25, 0.3) is 0 Å². The van der Waals surface area contributed by atoms with Crippen molar-refractivity contribution in [3.05, 3.63) is 41.0 Å². The number of carbonyl (C=O) groups excluding carboxylic acids is 1. The molecule has 1 aromatic carbocycles. The number of pyridine rings is 1. The molecule has 0 spiro atoms. The number of imidazole rings is 1. The van der Waals surface area contributed by atoms with E-state index in [0.717, 1.165) is 11.1 Å². The molecule has 2 N–H and O–H groups in total. The predicted molar refractivity (Wildman–Crippen MR) is 96.0 cm³/mol. The summed E-state index contributed by atoms with van der Waals surface area (Å²) in [5.74, 6) is 0.579. The minimum absolute atomic E-state index is 0.159. The summed E-state index contributed by atoms with van der Waals surface area (Å²) in [6.07, 6.45) is 1.68. The standard InChI is InChI=1S/C16H15ClN4O2S/c1-9-6-12(13(23-2)7-10(9)17)19-14(22)8-24-16-20-11-4-3-5-18-15(11)21-16/h3-7H,8H2,1-2H3,(H,19,22)(H,18,20,21). The number of hydrogen-bond donors (Lipinski definition) is 2. The first-order valence-electron chi connectivity index (χ1n) is 7.14. The summed E-state index contributed by atoms with van der Waals surface area (Å²) in [4.78, 5) is 23.8. The molecule has 0 aliphatic carbocycles. The van der Waals surface area contributed by atoms with Gasteiger partial charge in [0.05, 0.1) is 24.1 Å². The first-order chi connectivity index (χ1) is 11.6. The highest BCUT2D eigenvalue weighted by molar-refractivity contribution is 7.99. The Hall–Kier alpha value is -2.25. The SMILES string of the molecule is COc1cc(Cl)c(C)cc1NC(=O)CSc1nc2ncccc2[nH]1. The highest BCUT2D eigenvalue weighted by Gasteiger charge is 2.12. The number of halogens is 1. The fourth-order valence-corrected chi connectivity index (χ4v) is 2.97. The Kier molecular flexibility index (Phi) is 4.92. The van der Waals surface area contributed by atoms with Crippen LogP contribution >= 0.6 is 23.4 Å². The Labute approximate surface area is 148 Å². The number of anilines is 1. The summed E-state index contributed by atoms with van der Waals surface area (Å²) >= 11 is 7.37. The molecule has 0 unspecified atom stereocenters. The summed E-state index contributed by atoms with van der Waals surface area (Å²) in [6, 6.07) is 7.19. The zero-order valence-electron chi connectivity index (χ0n) is 13.1. The van der Waals surface area contributed by atoms with Gasteiger partial charge in [0.1, 0.15) is 5.75 Å². The Morgan fingerprint density at radius 1 is 1.46 bits per heavy atom. The third-order valence-electron chi connectivity index (χ3n) is 3.33. The van der Waals surface area contributed by atoms with Crippen molar-refractivity contribution in [2.75, 3.05) is 18.2 Å². The number of thioether (sulfide) groups is 1. The molecule has 124 valence electrons. The number of methoxy groups -OCH3 is 1. The maximum atomic E-state index is 12.2. The molecule has 0 radical (unpaired) electrons. The zero-order chi connectivity index (χ0) is 17.1. The summed E-state index contributed by atoms with van der Waals surface area (Å²) in [5.41, 5.74) is 2.94. The molecule has 6 nitrogen and oxygen atoms in total. The Morgan fingerprint density at radius 2 is 2.29 bits per heavy atom. The Morgan fingerprint density at radius 3 is 3.04 bits per heavy atom. The molecule has 0 saturated heterocycles. The number of H-pyrrole nitrogens is 1. The van der Waals surface area contributed by atoms with E-state index in [2.05, 4.69) is 20.3 Å². The van der Waals surface area contributed by atoms with E-state index in [4.69, 9.17) is 16.3 Å². The number of benzene rings is 1. The molecule has 0 aliphatic rings. The number of nitrogens with zero attached hydrogens (tertiary/aromatic N) is 2. The van der Waals surface area contributed by atoms with Gasteiger partial charge in [-0.3, -0.25) is 4.79 Å². The van der Waals surface area contributed by atoms with Crippen LogP contribution in [0, 0.1) is 6.92 Å². The van der Waals surface area contributed by atoms with Crippen LogP contribution in [0.3, 0.4) is 0 Å². The molecule has 8 heteroatoms. The van der Waals surface area contributed by atoms with Crippen LogP contribution in [0.2, 0.25) is 5.02 Å². The normalized spacial score (nSPS) is 10.8. The number of aromatic amines is 1. The van der Waals surface area contributed by atoms with Gasteiger partial charge in [0.15, 0.2) is 10.8 Å². The fraction of sp³-hybridized carbons (Fsp3) is 0.188. The van der Waals surface area contributed by atoms with Crippen molar-refractivity contribution in [2.45, 2.75) is 12.1 Å². The second kappa shape index (κ2) is 7.11. The molecule has 0 aliphatic heterocycles. The first kappa shape index (κ1) is 16.6. The number of fused-ring (bicyclic) bond motifs is 1. The molecule has 0 bridgehead atoms. The number of carbonyl (C=O) groups is 1. The number of amides is 1. The minimum atomic E-state index is -0.159. The van der Waals surface area contributed by atoms with Gasteiger partial charge in [-0.2, -0.15) is 0 Å². The van der Waals surface area contributed by atoms with E-state index < -0.39 is 0 Å². The summed E-state index contributed by atoms with van der Waals surface area (Å²) in [7, 11) is 1.53. The van der Waals surface area contributed by atoms with E-state index in [1.165, 1.54) is 18.9 Å². The predicted octanol–water partition coefficient (Wildman–Crippen LogP) is 3.66. The number of hydrogen-bond acceptors (Lipinski definition) is 5. The lowest BCUT2D eigenvalue weighted by Gasteiger charge is -2.12. The molecule has 0 atom stereocenters. The van der Waals surface area contributed by atoms with E-state index in [1.807, 2.05) is 19.1 Å². The monoisotopic (exact) mass is 362 g/mol. The van der Waals surface area contributed by atoms with Crippen LogP contribution in [0.15, 0.2) is 35.6 Å². The van der Waals surface area contributed by atoms with Crippen LogP contribution in [0.1, 0.15) is 5.56 Å². The van der Waals surface area contributed by atoms with Crippen molar-refractivity contribution in [3.63, 3.8) is 0 Å². The third-order valence-corrected chi connectivity index (χ3v) is 4.61. The van der Waals surface area contributed by atoms with Crippen LogP contribution in [0.4, 0.5) is 5.69 Å². The molecule has 24 heavy (non-hydrogen) atoms. The lowest BCUT2D eigenvalue weighted by Crippen LogP contribution is -2.15. The van der Waals surface area contributed by atoms with Crippen LogP contribution in [-0.4, -0.2) is 33.7 Å². The zero-order valence-corrected chi connectivity index (χ0v) is 14.7. The average Bonchev–Trinajstić information content (AvgIpc) is 2.99. The van der Waals surface area contributed by atoms with E-state index in [9.17, 15) is 4.79 Å². The minimum Gasteiger partial charge on any atom is -0.495 e. The maximum absolute atomic E-state index is 12.2. The van der Waals surface area contributed by atoms with Crippen molar-refractivity contribution in [1.29, 1.82) is 0 Å². The van der Waals surface area contributed by atoms with E-state index in [0.29, 0.717) is 27.3 Å². The van der Waals surface area contributed by atoms with Gasteiger partial charge in [0, 0.05) is 17.3 Å². The molecular formula is C16H15ClN4O2S. The largest absolute Gasteiger partial charge is 0.495 e. The lowest BCUT2D eigenvalue weighted by molar-refractivity contribution is -0.113. The molecule has 0 saturated carbocycles. The summed E-state index contributed by atoms with van der Waals surface area (Å²) in [6.45, 7) is 1.87. The van der Waals surface area contributed by atoms with Gasteiger partial charge in [-0.1, -0.05) is 23.4 Å². The number of aryl methyl sites for hydroxylation is 1. The van der Waals surface area contributed by atoms with Gasteiger partial charge in [-0.25, -0.2) is 9.97 Å². The third kappa shape index (κ3) is 3.63. The number of ether oxygens (including phenoxy) is 1. The van der Waals surface area contributed by atoms with E-state index >= 15 is 0 Å². The molecule has 0 fully saturated rings. The van der Waals surface area contributed by atoms with Crippen molar-refractivity contribution in [2.24, 2.45) is 0 Å². The second-order valence-corrected chi connectivity index (χ2v) is 6.43. The van der Waals surface area contributed by atoms with Crippen LogP contribution in [0.5, 0.6) is 5.75 Å². The second-order valence-electron chi connectivity index (χ2n) is 5.06. The van der Waals surface area contributed by atoms with Crippen molar-refractivity contribution in [3.8, 4) is 5.75 Å². The quantitative estimate of drug-likeness (QED) is 0.677. The van der Waals surface area contributed by atoms with Crippen LogP contribution < -0.4 is 10.1 Å². The summed E-state index contributed by atoms with van der Waals surface area (Å²) in [5, 5.41) is 4.08. The fourth-order valence-electron chi connectivity index (χ4n) is 2.14. The van der Waals surface area contributed by atoms with Gasteiger partial charge in [-0.05, 0) is 30.7 Å². The van der Waals surface area contributed by atoms with Crippen molar-refractivity contribution < 1.29 is 9.53 Å². The molecule has 2 aromatic heterocycles. The van der Waals surface area contributed by atoms with Crippen molar-refractivity contribution >= 4 is 46.1 Å². The average molecular weight is 363 g/mol. The molecule has 3 aromatic rings. The van der Waals surface area contributed by atoms with Crippen LogP contribution in [-0.2, 0) is 4.79 Å². The van der Waals surface area contributed by atoms with E-state index in [1.54, 1.807) is 18.3 Å². The summed E-state index contributed by atoms with van der Waals surface area (Å²) < 4.78 is 5.25. The molecule has 2 heterocycles.